The second kappa shape index (κ2) is 11.9. The van der Waals surface area contributed by atoms with Gasteiger partial charge in [-0.3, -0.25) is 4.79 Å². The van der Waals surface area contributed by atoms with Crippen LogP contribution < -0.4 is 14.2 Å². The Hall–Kier alpha value is -3.03. The van der Waals surface area contributed by atoms with E-state index in [4.69, 9.17) is 18.9 Å². The number of hydrogen-bond donors (Lipinski definition) is 0. The molecule has 0 saturated carbocycles. The summed E-state index contributed by atoms with van der Waals surface area (Å²) < 4.78 is 22.6. The molecule has 7 heteroatoms. The highest BCUT2D eigenvalue weighted by molar-refractivity contribution is 7.07. The molecule has 34 heavy (non-hydrogen) atoms. The smallest absolute Gasteiger partial charge is 0.254 e. The van der Waals surface area contributed by atoms with Gasteiger partial charge in [0, 0.05) is 37.7 Å². The van der Waals surface area contributed by atoms with E-state index >= 15 is 0 Å². The minimum absolute atomic E-state index is 0.0431. The molecule has 2 aromatic carbocycles. The number of rotatable bonds is 11. The summed E-state index contributed by atoms with van der Waals surface area (Å²) in [5.41, 5.74) is 2.81. The summed E-state index contributed by atoms with van der Waals surface area (Å²) in [5, 5.41) is 4.22. The van der Waals surface area contributed by atoms with E-state index in [1.165, 1.54) is 5.56 Å². The molecule has 1 aliphatic heterocycles. The minimum atomic E-state index is -0.0866. The molecular formula is C27H31NO5S. The Kier molecular flexibility index (Phi) is 8.44. The monoisotopic (exact) mass is 481 g/mol. The maximum Gasteiger partial charge on any atom is 0.254 e. The molecule has 0 aliphatic carbocycles. The molecule has 4 rings (SSSR count). The molecule has 1 aromatic heterocycles. The van der Waals surface area contributed by atoms with Crippen LogP contribution in [0.5, 0.6) is 17.2 Å². The van der Waals surface area contributed by atoms with Gasteiger partial charge in [-0.05, 0) is 65.1 Å². The molecular weight excluding hydrogens is 450 g/mol. The molecule has 6 nitrogen and oxygen atoms in total. The van der Waals surface area contributed by atoms with Gasteiger partial charge in [0.2, 0.25) is 0 Å². The molecule has 0 spiro atoms. The largest absolute Gasteiger partial charge is 0.497 e. The van der Waals surface area contributed by atoms with Gasteiger partial charge in [0.25, 0.3) is 5.91 Å². The van der Waals surface area contributed by atoms with Crippen LogP contribution in [-0.4, -0.2) is 50.9 Å². The zero-order chi connectivity index (χ0) is 23.8. The van der Waals surface area contributed by atoms with Crippen molar-refractivity contribution >= 4 is 17.2 Å². The van der Waals surface area contributed by atoms with Crippen molar-refractivity contribution in [2.45, 2.75) is 31.9 Å². The van der Waals surface area contributed by atoms with Crippen molar-refractivity contribution in [3.63, 3.8) is 0 Å². The fourth-order valence-electron chi connectivity index (χ4n) is 4.04. The first-order chi connectivity index (χ1) is 16.6. The lowest BCUT2D eigenvalue weighted by atomic mass is 10.1. The Morgan fingerprint density at radius 2 is 1.88 bits per heavy atom. The van der Waals surface area contributed by atoms with Crippen LogP contribution in [0.1, 0.15) is 34.3 Å². The van der Waals surface area contributed by atoms with Gasteiger partial charge in [-0.2, -0.15) is 11.3 Å². The van der Waals surface area contributed by atoms with E-state index in [9.17, 15) is 4.79 Å². The number of ether oxygens (including phenoxy) is 4. The highest BCUT2D eigenvalue weighted by Crippen LogP contribution is 2.25. The van der Waals surface area contributed by atoms with Crippen molar-refractivity contribution in [1.82, 2.24) is 4.90 Å². The van der Waals surface area contributed by atoms with Gasteiger partial charge in [-0.25, -0.2) is 0 Å². The second-order valence-corrected chi connectivity index (χ2v) is 9.08. The van der Waals surface area contributed by atoms with Crippen molar-refractivity contribution in [3.8, 4) is 17.2 Å². The number of carbonyl (C=O) groups is 1. The predicted octanol–water partition coefficient (Wildman–Crippen LogP) is 5.21. The third-order valence-electron chi connectivity index (χ3n) is 5.85. The van der Waals surface area contributed by atoms with E-state index in [1.807, 2.05) is 29.2 Å². The summed E-state index contributed by atoms with van der Waals surface area (Å²) >= 11 is 1.69. The molecule has 3 aromatic rings. The summed E-state index contributed by atoms with van der Waals surface area (Å²) in [5.74, 6) is 1.89. The molecule has 1 amide bonds. The zero-order valence-corrected chi connectivity index (χ0v) is 20.5. The van der Waals surface area contributed by atoms with Gasteiger partial charge >= 0.3 is 0 Å². The summed E-state index contributed by atoms with van der Waals surface area (Å²) in [7, 11) is 3.16. The van der Waals surface area contributed by atoms with Crippen LogP contribution in [0, 0.1) is 0 Å². The number of carbonyl (C=O) groups excluding carboxylic acids is 1. The lowest BCUT2D eigenvalue weighted by Crippen LogP contribution is -2.37. The average molecular weight is 482 g/mol. The van der Waals surface area contributed by atoms with E-state index in [0.29, 0.717) is 36.8 Å². The maximum absolute atomic E-state index is 13.6. The first-order valence-corrected chi connectivity index (χ1v) is 12.5. The molecule has 180 valence electrons. The first-order valence-electron chi connectivity index (χ1n) is 11.5. The highest BCUT2D eigenvalue weighted by atomic mass is 32.1. The van der Waals surface area contributed by atoms with Crippen molar-refractivity contribution in [2.24, 2.45) is 0 Å². The quantitative estimate of drug-likeness (QED) is 0.376. The van der Waals surface area contributed by atoms with E-state index in [2.05, 4.69) is 16.8 Å². The van der Waals surface area contributed by atoms with Gasteiger partial charge in [0.15, 0.2) is 0 Å². The molecule has 1 saturated heterocycles. The second-order valence-electron chi connectivity index (χ2n) is 8.30. The Labute approximate surface area is 205 Å². The minimum Gasteiger partial charge on any atom is -0.497 e. The Morgan fingerprint density at radius 3 is 2.56 bits per heavy atom. The third-order valence-corrected chi connectivity index (χ3v) is 6.58. The van der Waals surface area contributed by atoms with E-state index in [-0.39, 0.29) is 12.0 Å². The van der Waals surface area contributed by atoms with Crippen LogP contribution in [0.4, 0.5) is 0 Å². The summed E-state index contributed by atoms with van der Waals surface area (Å²) in [6, 6.07) is 15.3. The fourth-order valence-corrected chi connectivity index (χ4v) is 4.75. The molecule has 0 unspecified atom stereocenters. The van der Waals surface area contributed by atoms with Gasteiger partial charge in [-0.15, -0.1) is 0 Å². The fraction of sp³-hybridized carbons (Fsp3) is 0.370. The summed E-state index contributed by atoms with van der Waals surface area (Å²) in [6.45, 7) is 2.34. The van der Waals surface area contributed by atoms with Crippen LogP contribution in [-0.2, 0) is 17.7 Å². The summed E-state index contributed by atoms with van der Waals surface area (Å²) in [4.78, 5) is 15.4. The average Bonchev–Trinajstić information content (AvgIpc) is 3.58. The zero-order valence-electron chi connectivity index (χ0n) is 19.7. The Balaban J connectivity index is 1.49. The number of nitrogens with zero attached hydrogens (tertiary/aromatic N) is 1. The van der Waals surface area contributed by atoms with E-state index < -0.39 is 0 Å². The van der Waals surface area contributed by atoms with Crippen LogP contribution in [0.3, 0.4) is 0 Å². The van der Waals surface area contributed by atoms with Crippen LogP contribution >= 0.6 is 11.3 Å². The Morgan fingerprint density at radius 1 is 1.06 bits per heavy atom. The first kappa shape index (κ1) is 24.1. The molecule has 0 bridgehead atoms. The van der Waals surface area contributed by atoms with Crippen LogP contribution in [0.15, 0.2) is 59.3 Å². The maximum atomic E-state index is 13.6. The van der Waals surface area contributed by atoms with E-state index in [1.54, 1.807) is 43.8 Å². The number of amides is 1. The predicted molar refractivity (Wildman–Crippen MR) is 133 cm³/mol. The molecule has 1 atom stereocenters. The van der Waals surface area contributed by atoms with E-state index in [0.717, 1.165) is 37.2 Å². The van der Waals surface area contributed by atoms with Gasteiger partial charge in [0.1, 0.15) is 17.2 Å². The molecule has 0 radical (unpaired) electrons. The number of hydrogen-bond acceptors (Lipinski definition) is 6. The van der Waals surface area contributed by atoms with Crippen molar-refractivity contribution in [2.75, 3.05) is 34.0 Å². The highest BCUT2D eigenvalue weighted by Gasteiger charge is 2.24. The number of methoxy groups -OCH3 is 2. The molecule has 1 aliphatic rings. The standard InChI is InChI=1S/C27H31NO5S/c1-30-25-14-22(15-26(16-25)31-2)27(29)28(18-24-7-4-10-32-24)17-21-5-3-6-23(13-21)33-11-8-20-9-12-34-19-20/h3,5-6,9,12-16,19,24H,4,7-8,10-11,17-18H2,1-2H3/t24-/m0/s1. The van der Waals surface area contributed by atoms with Gasteiger partial charge < -0.3 is 23.8 Å². The molecule has 2 heterocycles. The Bertz CT molecular complexity index is 1040. The number of thiophene rings is 1. The molecule has 1 fully saturated rings. The van der Waals surface area contributed by atoms with Crippen molar-refractivity contribution in [1.29, 1.82) is 0 Å². The lowest BCUT2D eigenvalue weighted by molar-refractivity contribution is 0.0506. The van der Waals surface area contributed by atoms with Crippen molar-refractivity contribution < 1.29 is 23.7 Å². The van der Waals surface area contributed by atoms with Gasteiger partial charge in [0.05, 0.1) is 26.9 Å². The van der Waals surface area contributed by atoms with Gasteiger partial charge in [-0.1, -0.05) is 12.1 Å². The van der Waals surface area contributed by atoms with Crippen LogP contribution in [0.25, 0.3) is 0 Å². The third kappa shape index (κ3) is 6.52. The number of benzene rings is 2. The lowest BCUT2D eigenvalue weighted by Gasteiger charge is -2.26. The van der Waals surface area contributed by atoms with Crippen molar-refractivity contribution in [3.05, 3.63) is 76.0 Å². The summed E-state index contributed by atoms with van der Waals surface area (Å²) in [6.07, 6.45) is 2.89. The SMILES string of the molecule is COc1cc(OC)cc(C(=O)N(Cc2cccc(OCCc3ccsc3)c2)C[C@@H]2CCCO2)c1. The topological polar surface area (TPSA) is 57.2 Å². The molecule has 0 N–H and O–H groups in total. The normalized spacial score (nSPS) is 15.2. The van der Waals surface area contributed by atoms with Crippen LogP contribution in [0.2, 0.25) is 0 Å².